The minimum Gasteiger partial charge on any atom is -0.465 e. The number of ether oxygens (including phenoxy) is 2. The van der Waals surface area contributed by atoms with Gasteiger partial charge in [0.25, 0.3) is 0 Å². The first-order valence-electron chi connectivity index (χ1n) is 12.4. The Morgan fingerprint density at radius 3 is 2.52 bits per heavy atom. The van der Waals surface area contributed by atoms with Crippen molar-refractivity contribution < 1.29 is 23.9 Å². The van der Waals surface area contributed by atoms with Crippen LogP contribution >= 0.6 is 0 Å². The number of hydrogen-bond acceptors (Lipinski definition) is 9. The molecule has 2 aromatic carbocycles. The van der Waals surface area contributed by atoms with Gasteiger partial charge in [0.05, 0.1) is 43.4 Å². The van der Waals surface area contributed by atoms with Crippen LogP contribution in [0.5, 0.6) is 0 Å². The summed E-state index contributed by atoms with van der Waals surface area (Å²) < 4.78 is 11.5. The number of nitrogens with one attached hydrogen (secondary N) is 2. The molecule has 0 spiro atoms. The number of H-pyrrole nitrogens is 1. The number of carbonyl (C=O) groups excluding carboxylic acids is 3. The van der Waals surface area contributed by atoms with Crippen molar-refractivity contribution in [2.75, 3.05) is 19.0 Å². The summed E-state index contributed by atoms with van der Waals surface area (Å²) in [5.74, 6) is -1.55. The van der Waals surface area contributed by atoms with Gasteiger partial charge in [-0.2, -0.15) is 0 Å². The van der Waals surface area contributed by atoms with Crippen LogP contribution in [-0.2, 0) is 20.8 Å². The Kier molecular flexibility index (Phi) is 7.31. The Bertz CT molecular complexity index is 1720. The van der Waals surface area contributed by atoms with Gasteiger partial charge in [0.15, 0.2) is 11.5 Å². The van der Waals surface area contributed by atoms with E-state index in [0.717, 1.165) is 22.0 Å². The normalized spacial score (nSPS) is 10.9. The fraction of sp³-hybridized carbons (Fsp3) is 0.179. The van der Waals surface area contributed by atoms with Crippen molar-refractivity contribution in [1.29, 1.82) is 0 Å². The van der Waals surface area contributed by atoms with Gasteiger partial charge in [-0.25, -0.2) is 24.2 Å². The number of carbonyl (C=O) groups is 3. The van der Waals surface area contributed by atoms with E-state index in [4.69, 9.17) is 9.47 Å². The predicted octanol–water partition coefficient (Wildman–Crippen LogP) is 3.85. The van der Waals surface area contributed by atoms with Gasteiger partial charge in [-0.1, -0.05) is 35.5 Å². The molecule has 0 aliphatic heterocycles. The third kappa shape index (κ3) is 5.27. The third-order valence-electron chi connectivity index (χ3n) is 6.03. The van der Waals surface area contributed by atoms with Crippen molar-refractivity contribution in [3.63, 3.8) is 0 Å². The number of amides is 1. The molecule has 0 aliphatic rings. The van der Waals surface area contributed by atoms with Gasteiger partial charge < -0.3 is 19.8 Å². The zero-order valence-electron chi connectivity index (χ0n) is 22.0. The zero-order valence-corrected chi connectivity index (χ0v) is 22.0. The van der Waals surface area contributed by atoms with Crippen LogP contribution in [0.25, 0.3) is 33.4 Å². The molecule has 40 heavy (non-hydrogen) atoms. The zero-order chi connectivity index (χ0) is 28.2. The second-order valence-electron chi connectivity index (χ2n) is 8.74. The summed E-state index contributed by atoms with van der Waals surface area (Å²) in [5.41, 5.74) is 4.11. The van der Waals surface area contributed by atoms with Crippen LogP contribution in [0.2, 0.25) is 0 Å². The molecule has 202 valence electrons. The van der Waals surface area contributed by atoms with Crippen LogP contribution in [0.15, 0.2) is 60.9 Å². The van der Waals surface area contributed by atoms with E-state index >= 15 is 0 Å². The first kappa shape index (κ1) is 26.2. The van der Waals surface area contributed by atoms with Crippen molar-refractivity contribution in [1.82, 2.24) is 29.9 Å². The van der Waals surface area contributed by atoms with E-state index in [1.54, 1.807) is 48.3 Å². The molecule has 0 aliphatic carbocycles. The largest absolute Gasteiger partial charge is 0.465 e. The van der Waals surface area contributed by atoms with Gasteiger partial charge in [0, 0.05) is 35.2 Å². The Morgan fingerprint density at radius 2 is 1.80 bits per heavy atom. The summed E-state index contributed by atoms with van der Waals surface area (Å²) in [5, 5.41) is 12.0. The molecular formula is C28H25N7O5. The number of nitrogens with zero attached hydrogens (tertiary/aromatic N) is 5. The van der Waals surface area contributed by atoms with E-state index in [1.165, 1.54) is 14.0 Å². The molecule has 12 nitrogen and oxygen atoms in total. The van der Waals surface area contributed by atoms with Gasteiger partial charge in [-0.05, 0) is 25.1 Å². The van der Waals surface area contributed by atoms with Crippen molar-refractivity contribution in [2.45, 2.75) is 20.4 Å². The van der Waals surface area contributed by atoms with E-state index in [0.29, 0.717) is 22.6 Å². The SMILES string of the molecule is CCOC(=O)c1nc(Cn2cc(-c3ccc(C(=O)OC)cc3)nn2)c(-c2c[nH]c3ccccc23)nc1NC(C)=O. The number of aromatic amines is 1. The Hall–Kier alpha value is -5.39. The number of para-hydroxylation sites is 1. The lowest BCUT2D eigenvalue weighted by Gasteiger charge is -2.14. The maximum Gasteiger partial charge on any atom is 0.360 e. The number of hydrogen-bond donors (Lipinski definition) is 2. The average Bonchev–Trinajstić information content (AvgIpc) is 3.60. The van der Waals surface area contributed by atoms with E-state index in [2.05, 4.69) is 30.6 Å². The van der Waals surface area contributed by atoms with Crippen molar-refractivity contribution in [2.24, 2.45) is 0 Å². The van der Waals surface area contributed by atoms with Gasteiger partial charge in [0.2, 0.25) is 5.91 Å². The summed E-state index contributed by atoms with van der Waals surface area (Å²) in [6.07, 6.45) is 3.52. The third-order valence-corrected chi connectivity index (χ3v) is 6.03. The van der Waals surface area contributed by atoms with E-state index in [-0.39, 0.29) is 24.7 Å². The molecule has 0 saturated heterocycles. The first-order valence-corrected chi connectivity index (χ1v) is 12.4. The van der Waals surface area contributed by atoms with Crippen LogP contribution in [0, 0.1) is 0 Å². The topological polar surface area (TPSA) is 154 Å². The van der Waals surface area contributed by atoms with Crippen LogP contribution in [0.3, 0.4) is 0 Å². The molecule has 0 radical (unpaired) electrons. The Morgan fingerprint density at radius 1 is 1.02 bits per heavy atom. The summed E-state index contributed by atoms with van der Waals surface area (Å²) in [4.78, 5) is 49.0. The molecule has 0 unspecified atom stereocenters. The molecule has 0 atom stereocenters. The predicted molar refractivity (Wildman–Crippen MR) is 145 cm³/mol. The van der Waals surface area contributed by atoms with Crippen molar-refractivity contribution in [3.05, 3.63) is 77.9 Å². The van der Waals surface area contributed by atoms with E-state index < -0.39 is 17.8 Å². The Labute approximate surface area is 228 Å². The van der Waals surface area contributed by atoms with Crippen LogP contribution < -0.4 is 5.32 Å². The van der Waals surface area contributed by atoms with Gasteiger partial charge in [-0.3, -0.25) is 4.79 Å². The number of benzene rings is 2. The molecule has 1 amide bonds. The minimum absolute atomic E-state index is 0.0000405. The quantitative estimate of drug-likeness (QED) is 0.280. The molecule has 12 heteroatoms. The summed E-state index contributed by atoms with van der Waals surface area (Å²) in [6, 6.07) is 14.5. The van der Waals surface area contributed by atoms with Crippen LogP contribution in [-0.4, -0.2) is 61.5 Å². The van der Waals surface area contributed by atoms with Crippen LogP contribution in [0.1, 0.15) is 40.4 Å². The van der Waals surface area contributed by atoms with E-state index in [9.17, 15) is 14.4 Å². The minimum atomic E-state index is -0.713. The average molecular weight is 540 g/mol. The van der Waals surface area contributed by atoms with Crippen LogP contribution in [0.4, 0.5) is 5.82 Å². The summed E-state index contributed by atoms with van der Waals surface area (Å²) in [6.45, 7) is 3.24. The van der Waals surface area contributed by atoms with Crippen molar-refractivity contribution in [3.8, 4) is 22.5 Å². The molecule has 3 heterocycles. The molecule has 3 aromatic heterocycles. The number of fused-ring (bicyclic) bond motifs is 1. The number of rotatable bonds is 8. The first-order chi connectivity index (χ1) is 19.4. The molecule has 0 saturated carbocycles. The maximum atomic E-state index is 12.8. The number of anilines is 1. The summed E-state index contributed by atoms with van der Waals surface area (Å²) >= 11 is 0. The number of aromatic nitrogens is 6. The van der Waals surface area contributed by atoms with Gasteiger partial charge in [-0.15, -0.1) is 5.10 Å². The highest BCUT2D eigenvalue weighted by Gasteiger charge is 2.24. The fourth-order valence-electron chi connectivity index (χ4n) is 4.22. The maximum absolute atomic E-state index is 12.8. The lowest BCUT2D eigenvalue weighted by Crippen LogP contribution is -2.19. The molecule has 0 fully saturated rings. The lowest BCUT2D eigenvalue weighted by molar-refractivity contribution is -0.114. The second kappa shape index (κ2) is 11.2. The number of esters is 2. The fourth-order valence-corrected chi connectivity index (χ4v) is 4.22. The van der Waals surface area contributed by atoms with Gasteiger partial charge in [0.1, 0.15) is 5.69 Å². The summed E-state index contributed by atoms with van der Waals surface area (Å²) in [7, 11) is 1.32. The molecule has 5 rings (SSSR count). The molecule has 5 aromatic rings. The molecule has 2 N–H and O–H groups in total. The lowest BCUT2D eigenvalue weighted by atomic mass is 10.1. The number of methoxy groups -OCH3 is 1. The van der Waals surface area contributed by atoms with E-state index in [1.807, 2.05) is 24.3 Å². The molecular weight excluding hydrogens is 514 g/mol. The second-order valence-corrected chi connectivity index (χ2v) is 8.74. The van der Waals surface area contributed by atoms with Crippen molar-refractivity contribution >= 4 is 34.6 Å². The monoisotopic (exact) mass is 539 g/mol. The standard InChI is InChI=1S/C28H25N7O5/c1-4-40-28(38)25-26(30-16(2)36)32-24(20-13-29-21-8-6-5-7-19(20)21)23(31-25)15-35-14-22(33-34-35)17-9-11-18(12-10-17)27(37)39-3/h5-14,29H,4,15H2,1-3H3,(H,30,32,36). The van der Waals surface area contributed by atoms with Gasteiger partial charge >= 0.3 is 11.9 Å². The Balaban J connectivity index is 1.58. The highest BCUT2D eigenvalue weighted by atomic mass is 16.5. The smallest absolute Gasteiger partial charge is 0.360 e. The highest BCUT2D eigenvalue weighted by Crippen LogP contribution is 2.31. The highest BCUT2D eigenvalue weighted by molar-refractivity contribution is 6.00. The molecule has 0 bridgehead atoms.